The van der Waals surface area contributed by atoms with Crippen molar-refractivity contribution in [2.45, 2.75) is 44.0 Å². The second kappa shape index (κ2) is 11.3. The molecule has 1 atom stereocenters. The molecule has 0 aliphatic heterocycles. The van der Waals surface area contributed by atoms with Gasteiger partial charge in [0.1, 0.15) is 5.75 Å². The van der Waals surface area contributed by atoms with Crippen LogP contribution in [0, 0.1) is 0 Å². The van der Waals surface area contributed by atoms with E-state index < -0.39 is 16.1 Å². The summed E-state index contributed by atoms with van der Waals surface area (Å²) >= 11 is 0. The van der Waals surface area contributed by atoms with Crippen LogP contribution in [0.2, 0.25) is 0 Å². The van der Waals surface area contributed by atoms with Crippen molar-refractivity contribution in [2.24, 2.45) is 0 Å². The highest BCUT2D eigenvalue weighted by molar-refractivity contribution is 7.89. The maximum atomic E-state index is 13.4. The second-order valence-electron chi connectivity index (χ2n) is 8.03. The second-order valence-corrected chi connectivity index (χ2v) is 10.0. The number of ether oxygens (including phenoxy) is 1. The summed E-state index contributed by atoms with van der Waals surface area (Å²) in [6.07, 6.45) is 1.54. The minimum absolute atomic E-state index is 0.0317. The number of carbonyl (C=O) groups excluding carboxylic acids is 1. The van der Waals surface area contributed by atoms with Gasteiger partial charge >= 0.3 is 0 Å². The largest absolute Gasteiger partial charge is 0.497 e. The van der Waals surface area contributed by atoms with Crippen LogP contribution >= 0.6 is 0 Å². The van der Waals surface area contributed by atoms with Crippen molar-refractivity contribution in [2.75, 3.05) is 19.5 Å². The van der Waals surface area contributed by atoms with Crippen molar-refractivity contribution < 1.29 is 17.9 Å². The maximum Gasteiger partial charge on any atom is 0.243 e. The van der Waals surface area contributed by atoms with Gasteiger partial charge in [0.15, 0.2) is 0 Å². The molecule has 0 bridgehead atoms. The number of carbonyl (C=O) groups is 1. The summed E-state index contributed by atoms with van der Waals surface area (Å²) in [5.41, 5.74) is 3.63. The Morgan fingerprint density at radius 1 is 0.912 bits per heavy atom. The van der Waals surface area contributed by atoms with E-state index in [0.717, 1.165) is 29.7 Å². The highest BCUT2D eigenvalue weighted by Crippen LogP contribution is 2.31. The fraction of sp³-hybridized carbons (Fsp3) is 0.296. The van der Waals surface area contributed by atoms with Gasteiger partial charge in [0.25, 0.3) is 0 Å². The summed E-state index contributed by atoms with van der Waals surface area (Å²) in [6.45, 7) is 4.09. The van der Waals surface area contributed by atoms with E-state index in [4.69, 9.17) is 4.74 Å². The minimum atomic E-state index is -3.82. The predicted molar refractivity (Wildman–Crippen MR) is 136 cm³/mol. The first-order valence-electron chi connectivity index (χ1n) is 11.4. The standard InChI is InChI=1S/C27H32N2O4S/c1-5-20-11-10-12-21(6-2)27(20)28-26(30)19-25(22-15-17-23(33-4)18-16-22)29(3)34(31,32)24-13-8-7-9-14-24/h7-18,25H,5-6,19H2,1-4H3,(H,28,30)/t25-/m0/s1. The van der Waals surface area contributed by atoms with Gasteiger partial charge in [-0.1, -0.05) is 62.4 Å². The number of anilines is 1. The first-order valence-corrected chi connectivity index (χ1v) is 12.8. The molecule has 0 heterocycles. The zero-order valence-electron chi connectivity index (χ0n) is 20.1. The lowest BCUT2D eigenvalue weighted by Crippen LogP contribution is -2.34. The lowest BCUT2D eigenvalue weighted by Gasteiger charge is -2.28. The van der Waals surface area contributed by atoms with Gasteiger partial charge in [0.05, 0.1) is 18.0 Å². The van der Waals surface area contributed by atoms with Gasteiger partial charge in [-0.3, -0.25) is 4.79 Å². The summed E-state index contributed by atoms with van der Waals surface area (Å²) in [7, 11) is -0.736. The third-order valence-electron chi connectivity index (χ3n) is 6.00. The third kappa shape index (κ3) is 5.66. The quantitative estimate of drug-likeness (QED) is 0.432. The number of nitrogens with one attached hydrogen (secondary N) is 1. The maximum absolute atomic E-state index is 13.4. The highest BCUT2D eigenvalue weighted by Gasteiger charge is 2.31. The van der Waals surface area contributed by atoms with Crippen LogP contribution in [0.3, 0.4) is 0 Å². The molecule has 0 aliphatic rings. The first-order chi connectivity index (χ1) is 16.3. The number of aryl methyl sites for hydroxylation is 2. The highest BCUT2D eigenvalue weighted by atomic mass is 32.2. The number of hydrogen-bond acceptors (Lipinski definition) is 4. The zero-order chi connectivity index (χ0) is 24.7. The Balaban J connectivity index is 1.95. The Kier molecular flexibility index (Phi) is 8.47. The number of methoxy groups -OCH3 is 1. The molecule has 7 heteroatoms. The van der Waals surface area contributed by atoms with Gasteiger partial charge in [0.2, 0.25) is 15.9 Å². The molecule has 180 valence electrons. The Labute approximate surface area is 202 Å². The molecule has 0 aromatic heterocycles. The van der Waals surface area contributed by atoms with Gasteiger partial charge in [-0.15, -0.1) is 0 Å². The van der Waals surface area contributed by atoms with Crippen molar-refractivity contribution >= 4 is 21.6 Å². The molecule has 0 unspecified atom stereocenters. The summed E-state index contributed by atoms with van der Waals surface area (Å²) in [4.78, 5) is 13.4. The summed E-state index contributed by atoms with van der Waals surface area (Å²) < 4.78 is 33.3. The molecule has 34 heavy (non-hydrogen) atoms. The van der Waals surface area contributed by atoms with Gasteiger partial charge in [-0.2, -0.15) is 4.31 Å². The Morgan fingerprint density at radius 2 is 1.50 bits per heavy atom. The number of amides is 1. The third-order valence-corrected chi connectivity index (χ3v) is 7.88. The zero-order valence-corrected chi connectivity index (χ0v) is 20.9. The fourth-order valence-corrected chi connectivity index (χ4v) is 5.34. The van der Waals surface area contributed by atoms with Crippen LogP contribution in [0.5, 0.6) is 5.75 Å². The molecule has 0 aliphatic carbocycles. The molecule has 3 aromatic rings. The Bertz CT molecular complexity index is 1190. The van der Waals surface area contributed by atoms with E-state index in [1.165, 1.54) is 11.4 Å². The van der Waals surface area contributed by atoms with E-state index in [-0.39, 0.29) is 17.2 Å². The molecule has 1 amide bonds. The van der Waals surface area contributed by atoms with E-state index in [2.05, 4.69) is 5.32 Å². The van der Waals surface area contributed by atoms with Crippen LogP contribution in [0.1, 0.15) is 43.0 Å². The van der Waals surface area contributed by atoms with Crippen molar-refractivity contribution in [3.8, 4) is 5.75 Å². The molecule has 0 fully saturated rings. The molecule has 0 radical (unpaired) electrons. The minimum Gasteiger partial charge on any atom is -0.497 e. The van der Waals surface area contributed by atoms with Crippen LogP contribution in [-0.2, 0) is 27.7 Å². The number of nitrogens with zero attached hydrogens (tertiary/aromatic N) is 1. The summed E-state index contributed by atoms with van der Waals surface area (Å²) in [5.74, 6) is 0.413. The van der Waals surface area contributed by atoms with Crippen molar-refractivity contribution in [3.05, 3.63) is 89.5 Å². The monoisotopic (exact) mass is 480 g/mol. The molecule has 0 saturated carbocycles. The predicted octanol–water partition coefficient (Wildman–Crippen LogP) is 5.21. The van der Waals surface area contributed by atoms with Crippen molar-refractivity contribution in [1.82, 2.24) is 4.31 Å². The van der Waals surface area contributed by atoms with Crippen LogP contribution in [0.4, 0.5) is 5.69 Å². The average molecular weight is 481 g/mol. The van der Waals surface area contributed by atoms with E-state index in [1.807, 2.05) is 32.0 Å². The summed E-state index contributed by atoms with van der Waals surface area (Å²) in [6, 6.07) is 20.7. The Morgan fingerprint density at radius 3 is 2.03 bits per heavy atom. The molecule has 1 N–H and O–H groups in total. The molecule has 6 nitrogen and oxygen atoms in total. The lowest BCUT2D eigenvalue weighted by atomic mass is 10.0. The molecule has 3 rings (SSSR count). The fourth-order valence-electron chi connectivity index (χ4n) is 3.98. The van der Waals surface area contributed by atoms with Crippen LogP contribution in [0.25, 0.3) is 0 Å². The van der Waals surface area contributed by atoms with Crippen molar-refractivity contribution in [3.63, 3.8) is 0 Å². The molecule has 3 aromatic carbocycles. The van der Waals surface area contributed by atoms with E-state index >= 15 is 0 Å². The number of rotatable bonds is 10. The molecule has 0 saturated heterocycles. The number of para-hydroxylation sites is 1. The van der Waals surface area contributed by atoms with Gasteiger partial charge < -0.3 is 10.1 Å². The number of benzene rings is 3. The number of hydrogen-bond donors (Lipinski definition) is 1. The SMILES string of the molecule is CCc1cccc(CC)c1NC(=O)C[C@@H](c1ccc(OC)cc1)N(C)S(=O)(=O)c1ccccc1. The first kappa shape index (κ1) is 25.5. The summed E-state index contributed by atoms with van der Waals surface area (Å²) in [5, 5.41) is 3.06. The lowest BCUT2D eigenvalue weighted by molar-refractivity contribution is -0.117. The van der Waals surface area contributed by atoms with E-state index in [9.17, 15) is 13.2 Å². The topological polar surface area (TPSA) is 75.7 Å². The molecular weight excluding hydrogens is 448 g/mol. The smallest absolute Gasteiger partial charge is 0.243 e. The van der Waals surface area contributed by atoms with E-state index in [1.54, 1.807) is 61.7 Å². The van der Waals surface area contributed by atoms with Crippen LogP contribution in [-0.4, -0.2) is 32.8 Å². The van der Waals surface area contributed by atoms with Gasteiger partial charge in [0, 0.05) is 19.2 Å². The van der Waals surface area contributed by atoms with E-state index in [0.29, 0.717) is 11.3 Å². The Hall–Kier alpha value is -3.16. The van der Waals surface area contributed by atoms with Gasteiger partial charge in [-0.05, 0) is 53.8 Å². The molecular formula is C27H32N2O4S. The van der Waals surface area contributed by atoms with Crippen molar-refractivity contribution in [1.29, 1.82) is 0 Å². The normalized spacial score (nSPS) is 12.4. The number of sulfonamides is 1. The average Bonchev–Trinajstić information content (AvgIpc) is 2.87. The van der Waals surface area contributed by atoms with Crippen LogP contribution in [0.15, 0.2) is 77.7 Å². The van der Waals surface area contributed by atoms with Gasteiger partial charge in [-0.25, -0.2) is 8.42 Å². The molecule has 0 spiro atoms. The van der Waals surface area contributed by atoms with Crippen LogP contribution < -0.4 is 10.1 Å².